The second kappa shape index (κ2) is 5.50. The molecule has 2 heterocycles. The first-order valence-electron chi connectivity index (χ1n) is 7.76. The van der Waals surface area contributed by atoms with E-state index in [1.165, 1.54) is 41.6 Å². The van der Waals surface area contributed by atoms with Crippen LogP contribution in [0.5, 0.6) is 0 Å². The van der Waals surface area contributed by atoms with Gasteiger partial charge in [-0.1, -0.05) is 39.0 Å². The highest BCUT2D eigenvalue weighted by atomic mass is 32.1. The maximum Gasteiger partial charge on any atom is 0.0346 e. The van der Waals surface area contributed by atoms with Crippen molar-refractivity contribution < 1.29 is 0 Å². The number of hydrogen-bond donors (Lipinski definition) is 0. The third-order valence-corrected chi connectivity index (χ3v) is 6.17. The topological polar surface area (TPSA) is 3.24 Å². The average Bonchev–Trinajstić information content (AvgIpc) is 2.82. The summed E-state index contributed by atoms with van der Waals surface area (Å²) in [7, 11) is 0. The third-order valence-electron chi connectivity index (χ3n) is 5.16. The number of benzene rings is 1. The minimum atomic E-state index is 0.490. The van der Waals surface area contributed by atoms with Gasteiger partial charge in [0.15, 0.2) is 0 Å². The van der Waals surface area contributed by atoms with Crippen molar-refractivity contribution in [3.05, 3.63) is 35.2 Å². The van der Waals surface area contributed by atoms with Gasteiger partial charge in [-0.2, -0.15) is 0 Å². The predicted molar refractivity (Wildman–Crippen MR) is 89.3 cm³/mol. The van der Waals surface area contributed by atoms with Gasteiger partial charge in [0, 0.05) is 17.8 Å². The molecule has 1 nitrogen and oxygen atoms in total. The number of piperidine rings is 1. The zero-order valence-electron chi connectivity index (χ0n) is 12.9. The highest BCUT2D eigenvalue weighted by Crippen LogP contribution is 2.37. The Balaban J connectivity index is 1.77. The molecule has 108 valence electrons. The molecule has 1 aromatic carbocycles. The Kier molecular flexibility index (Phi) is 3.87. The second-order valence-corrected chi connectivity index (χ2v) is 7.79. The zero-order chi connectivity index (χ0) is 14.2. The molecule has 20 heavy (non-hydrogen) atoms. The molecule has 0 saturated carbocycles. The molecular weight excluding hydrogens is 262 g/mol. The first-order valence-corrected chi connectivity index (χ1v) is 8.64. The van der Waals surface area contributed by atoms with Crippen molar-refractivity contribution in [1.29, 1.82) is 0 Å². The molecule has 0 aliphatic carbocycles. The van der Waals surface area contributed by atoms with Crippen LogP contribution in [0.1, 0.15) is 39.2 Å². The molecule has 1 unspecified atom stereocenters. The fourth-order valence-electron chi connectivity index (χ4n) is 3.38. The van der Waals surface area contributed by atoms with Crippen molar-refractivity contribution in [2.45, 2.75) is 40.2 Å². The monoisotopic (exact) mass is 287 g/mol. The SMILES string of the molecule is CC(C)C1(C)CCCN(Cc2csc3ccccc23)C1. The fraction of sp³-hybridized carbons (Fsp3) is 0.556. The molecule has 0 radical (unpaired) electrons. The van der Waals surface area contributed by atoms with Crippen LogP contribution >= 0.6 is 11.3 Å². The Hall–Kier alpha value is -0.860. The summed E-state index contributed by atoms with van der Waals surface area (Å²) >= 11 is 1.88. The summed E-state index contributed by atoms with van der Waals surface area (Å²) in [6, 6.07) is 8.80. The van der Waals surface area contributed by atoms with Crippen LogP contribution in [0.15, 0.2) is 29.6 Å². The molecule has 1 aliphatic heterocycles. The van der Waals surface area contributed by atoms with Crippen molar-refractivity contribution >= 4 is 21.4 Å². The van der Waals surface area contributed by atoms with Gasteiger partial charge < -0.3 is 0 Å². The number of nitrogens with zero attached hydrogens (tertiary/aromatic N) is 1. The van der Waals surface area contributed by atoms with E-state index in [2.05, 4.69) is 55.3 Å². The molecule has 0 amide bonds. The number of fused-ring (bicyclic) bond motifs is 1. The Morgan fingerprint density at radius 1 is 1.30 bits per heavy atom. The summed E-state index contributed by atoms with van der Waals surface area (Å²) in [4.78, 5) is 2.66. The standard InChI is InChI=1S/C18H25NS/c1-14(2)18(3)9-6-10-19(13-18)11-15-12-20-17-8-5-4-7-16(15)17/h4-5,7-8,12,14H,6,9-11,13H2,1-3H3. The highest BCUT2D eigenvalue weighted by Gasteiger charge is 2.33. The van der Waals surface area contributed by atoms with Crippen LogP contribution in [0.2, 0.25) is 0 Å². The van der Waals surface area contributed by atoms with Crippen molar-refractivity contribution in [2.24, 2.45) is 11.3 Å². The summed E-state index contributed by atoms with van der Waals surface area (Å²) < 4.78 is 1.42. The Bertz CT molecular complexity index is 586. The lowest BCUT2D eigenvalue weighted by Gasteiger charge is -2.43. The van der Waals surface area contributed by atoms with Crippen LogP contribution in [0.4, 0.5) is 0 Å². The maximum atomic E-state index is 2.66. The number of rotatable bonds is 3. The number of likely N-dealkylation sites (tertiary alicyclic amines) is 1. The third kappa shape index (κ3) is 2.64. The smallest absolute Gasteiger partial charge is 0.0346 e. The molecule has 3 rings (SSSR count). The molecule has 0 spiro atoms. The second-order valence-electron chi connectivity index (χ2n) is 6.88. The summed E-state index contributed by atoms with van der Waals surface area (Å²) in [5.74, 6) is 0.768. The first kappa shape index (κ1) is 14.1. The molecule has 1 atom stereocenters. The van der Waals surface area contributed by atoms with Gasteiger partial charge in [0.2, 0.25) is 0 Å². The van der Waals surface area contributed by atoms with Crippen LogP contribution in [0.3, 0.4) is 0 Å². The summed E-state index contributed by atoms with van der Waals surface area (Å²) in [5.41, 5.74) is 2.00. The zero-order valence-corrected chi connectivity index (χ0v) is 13.7. The molecule has 0 bridgehead atoms. The largest absolute Gasteiger partial charge is 0.298 e. The maximum absolute atomic E-state index is 2.66. The molecule has 2 heteroatoms. The van der Waals surface area contributed by atoms with E-state index in [-0.39, 0.29) is 0 Å². The van der Waals surface area contributed by atoms with Gasteiger partial charge in [-0.25, -0.2) is 0 Å². The van der Waals surface area contributed by atoms with Crippen LogP contribution in [0.25, 0.3) is 10.1 Å². The molecule has 1 aromatic heterocycles. The number of thiophene rings is 1. The fourth-order valence-corrected chi connectivity index (χ4v) is 4.33. The van der Waals surface area contributed by atoms with E-state index in [0.717, 1.165) is 12.5 Å². The van der Waals surface area contributed by atoms with Gasteiger partial charge in [0.05, 0.1) is 0 Å². The van der Waals surface area contributed by atoms with Crippen molar-refractivity contribution in [2.75, 3.05) is 13.1 Å². The lowest BCUT2D eigenvalue weighted by molar-refractivity contribution is 0.0591. The van der Waals surface area contributed by atoms with E-state index in [0.29, 0.717) is 5.41 Å². The molecule has 1 aliphatic rings. The van der Waals surface area contributed by atoms with E-state index in [9.17, 15) is 0 Å². The van der Waals surface area contributed by atoms with Gasteiger partial charge in [-0.15, -0.1) is 11.3 Å². The summed E-state index contributed by atoms with van der Waals surface area (Å²) in [6.07, 6.45) is 2.72. The van der Waals surface area contributed by atoms with Crippen LogP contribution in [0, 0.1) is 11.3 Å². The Morgan fingerprint density at radius 3 is 2.90 bits per heavy atom. The minimum Gasteiger partial charge on any atom is -0.298 e. The van der Waals surface area contributed by atoms with Crippen LogP contribution in [-0.4, -0.2) is 18.0 Å². The lowest BCUT2D eigenvalue weighted by atomic mass is 9.73. The van der Waals surface area contributed by atoms with Gasteiger partial charge in [-0.05, 0) is 53.1 Å². The normalized spacial score (nSPS) is 24.6. The molecular formula is C18H25NS. The van der Waals surface area contributed by atoms with Gasteiger partial charge >= 0.3 is 0 Å². The molecule has 0 N–H and O–H groups in total. The van der Waals surface area contributed by atoms with Crippen LogP contribution < -0.4 is 0 Å². The quantitative estimate of drug-likeness (QED) is 0.753. The van der Waals surface area contributed by atoms with E-state index in [4.69, 9.17) is 0 Å². The predicted octanol–water partition coefficient (Wildman–Crippen LogP) is 5.16. The Morgan fingerprint density at radius 2 is 2.10 bits per heavy atom. The Labute approximate surface area is 126 Å². The van der Waals surface area contributed by atoms with Crippen molar-refractivity contribution in [1.82, 2.24) is 4.90 Å². The molecule has 1 saturated heterocycles. The lowest BCUT2D eigenvalue weighted by Crippen LogP contribution is -2.43. The van der Waals surface area contributed by atoms with E-state index >= 15 is 0 Å². The molecule has 1 fully saturated rings. The summed E-state index contributed by atoms with van der Waals surface area (Å²) in [6.45, 7) is 10.8. The first-order chi connectivity index (χ1) is 9.58. The number of hydrogen-bond acceptors (Lipinski definition) is 2. The average molecular weight is 287 g/mol. The van der Waals surface area contributed by atoms with Crippen LogP contribution in [-0.2, 0) is 6.54 Å². The van der Waals surface area contributed by atoms with Gasteiger partial charge in [0.1, 0.15) is 0 Å². The summed E-state index contributed by atoms with van der Waals surface area (Å²) in [5, 5.41) is 3.81. The van der Waals surface area contributed by atoms with Crippen molar-refractivity contribution in [3.8, 4) is 0 Å². The highest BCUT2D eigenvalue weighted by molar-refractivity contribution is 7.17. The van der Waals surface area contributed by atoms with E-state index in [1.807, 2.05) is 11.3 Å². The minimum absolute atomic E-state index is 0.490. The van der Waals surface area contributed by atoms with E-state index < -0.39 is 0 Å². The van der Waals surface area contributed by atoms with Gasteiger partial charge in [0.25, 0.3) is 0 Å². The van der Waals surface area contributed by atoms with Crippen molar-refractivity contribution in [3.63, 3.8) is 0 Å². The van der Waals surface area contributed by atoms with E-state index in [1.54, 1.807) is 0 Å². The van der Waals surface area contributed by atoms with Gasteiger partial charge in [-0.3, -0.25) is 4.90 Å². The molecule has 2 aromatic rings.